The van der Waals surface area contributed by atoms with E-state index in [0.717, 1.165) is 6.54 Å². The van der Waals surface area contributed by atoms with Gasteiger partial charge in [0.1, 0.15) is 0 Å². The van der Waals surface area contributed by atoms with Crippen molar-refractivity contribution in [1.82, 2.24) is 4.90 Å². The Balaban J connectivity index is 2.05. The third-order valence-corrected chi connectivity index (χ3v) is 4.56. The van der Waals surface area contributed by atoms with Gasteiger partial charge in [-0.2, -0.15) is 0 Å². The average molecular weight is 290 g/mol. The molecule has 1 aromatic rings. The Morgan fingerprint density at radius 3 is 2.43 bits per heavy atom. The summed E-state index contributed by atoms with van der Waals surface area (Å²) < 4.78 is 5.33. The Labute approximate surface area is 129 Å². The molecule has 0 spiro atoms. The summed E-state index contributed by atoms with van der Waals surface area (Å²) in [6, 6.07) is 9.77. The summed E-state index contributed by atoms with van der Waals surface area (Å²) in [5, 5.41) is 0. The second-order valence-corrected chi connectivity index (χ2v) is 6.24. The molecule has 21 heavy (non-hydrogen) atoms. The van der Waals surface area contributed by atoms with Crippen LogP contribution in [0.15, 0.2) is 24.3 Å². The highest BCUT2D eigenvalue weighted by atomic mass is 16.5. The van der Waals surface area contributed by atoms with E-state index in [-0.39, 0.29) is 0 Å². The molecule has 1 saturated carbocycles. The molecule has 1 aromatic carbocycles. The Morgan fingerprint density at radius 2 is 1.81 bits per heavy atom. The number of ether oxygens (including phenoxy) is 1. The third kappa shape index (κ3) is 4.80. The number of nitrogens with zero attached hydrogens (tertiary/aromatic N) is 1. The molecule has 0 saturated heterocycles. The van der Waals surface area contributed by atoms with Crippen LogP contribution < -0.4 is 5.73 Å². The van der Waals surface area contributed by atoms with Gasteiger partial charge < -0.3 is 10.5 Å². The summed E-state index contributed by atoms with van der Waals surface area (Å²) >= 11 is 0. The second kappa shape index (κ2) is 8.52. The maximum absolute atomic E-state index is 6.05. The molecule has 0 aromatic heterocycles. The van der Waals surface area contributed by atoms with Gasteiger partial charge in [0.15, 0.2) is 0 Å². The fourth-order valence-electron chi connectivity index (χ4n) is 3.37. The zero-order chi connectivity index (χ0) is 15.1. The first-order chi connectivity index (χ1) is 10.2. The topological polar surface area (TPSA) is 38.5 Å². The van der Waals surface area contributed by atoms with Gasteiger partial charge in [-0.15, -0.1) is 0 Å². The number of benzene rings is 1. The molecular formula is C18H30N2O. The standard InChI is InChI=1S/C18H30N2O/c1-3-12-20(18-10-8-17(19)9-11-18)13-15-6-4-5-7-16(15)14-21-2/h4-7,17-18H,3,8-14,19H2,1-2H3. The van der Waals surface area contributed by atoms with Crippen molar-refractivity contribution in [2.75, 3.05) is 13.7 Å². The van der Waals surface area contributed by atoms with Gasteiger partial charge in [-0.1, -0.05) is 31.2 Å². The van der Waals surface area contributed by atoms with Crippen molar-refractivity contribution < 1.29 is 4.74 Å². The van der Waals surface area contributed by atoms with Crippen LogP contribution in [0.4, 0.5) is 0 Å². The van der Waals surface area contributed by atoms with Crippen molar-refractivity contribution in [3.05, 3.63) is 35.4 Å². The Morgan fingerprint density at radius 1 is 1.14 bits per heavy atom. The van der Waals surface area contributed by atoms with Gasteiger partial charge in [-0.05, 0) is 49.8 Å². The van der Waals surface area contributed by atoms with Gasteiger partial charge in [-0.25, -0.2) is 0 Å². The summed E-state index contributed by atoms with van der Waals surface area (Å²) in [5.41, 5.74) is 8.77. The fraction of sp³-hybridized carbons (Fsp3) is 0.667. The zero-order valence-corrected chi connectivity index (χ0v) is 13.6. The minimum absolute atomic E-state index is 0.422. The van der Waals surface area contributed by atoms with Gasteiger partial charge in [0, 0.05) is 25.7 Å². The predicted octanol–water partition coefficient (Wildman–Crippen LogP) is 3.31. The first-order valence-electron chi connectivity index (χ1n) is 8.30. The van der Waals surface area contributed by atoms with Crippen molar-refractivity contribution in [2.45, 2.75) is 64.3 Å². The summed E-state index contributed by atoms with van der Waals surface area (Å²) in [5.74, 6) is 0. The summed E-state index contributed by atoms with van der Waals surface area (Å²) in [4.78, 5) is 2.65. The molecule has 2 N–H and O–H groups in total. The van der Waals surface area contributed by atoms with E-state index >= 15 is 0 Å². The molecule has 0 atom stereocenters. The summed E-state index contributed by atoms with van der Waals surface area (Å²) in [6.07, 6.45) is 6.03. The Hall–Kier alpha value is -0.900. The van der Waals surface area contributed by atoms with E-state index in [1.807, 2.05) is 0 Å². The van der Waals surface area contributed by atoms with E-state index in [0.29, 0.717) is 18.7 Å². The monoisotopic (exact) mass is 290 g/mol. The van der Waals surface area contributed by atoms with Gasteiger partial charge >= 0.3 is 0 Å². The molecular weight excluding hydrogens is 260 g/mol. The molecule has 1 aliphatic carbocycles. The van der Waals surface area contributed by atoms with Crippen molar-refractivity contribution in [3.8, 4) is 0 Å². The third-order valence-electron chi connectivity index (χ3n) is 4.56. The van der Waals surface area contributed by atoms with Crippen LogP contribution in [0.1, 0.15) is 50.2 Å². The van der Waals surface area contributed by atoms with Crippen LogP contribution in [0, 0.1) is 0 Å². The van der Waals surface area contributed by atoms with Gasteiger partial charge in [0.05, 0.1) is 6.61 Å². The molecule has 3 nitrogen and oxygen atoms in total. The number of nitrogens with two attached hydrogens (primary N) is 1. The number of rotatable bonds is 7. The molecule has 0 heterocycles. The molecule has 0 radical (unpaired) electrons. The normalized spacial score (nSPS) is 22.7. The van der Waals surface area contributed by atoms with E-state index in [2.05, 4.69) is 36.1 Å². The fourth-order valence-corrected chi connectivity index (χ4v) is 3.37. The molecule has 0 unspecified atom stereocenters. The van der Waals surface area contributed by atoms with Crippen LogP contribution >= 0.6 is 0 Å². The van der Waals surface area contributed by atoms with Crippen LogP contribution in [0.25, 0.3) is 0 Å². The number of hydrogen-bond donors (Lipinski definition) is 1. The highest BCUT2D eigenvalue weighted by molar-refractivity contribution is 5.26. The van der Waals surface area contributed by atoms with E-state index in [9.17, 15) is 0 Å². The molecule has 1 aliphatic rings. The molecule has 118 valence electrons. The van der Waals surface area contributed by atoms with Crippen molar-refractivity contribution >= 4 is 0 Å². The van der Waals surface area contributed by atoms with E-state index < -0.39 is 0 Å². The first-order valence-corrected chi connectivity index (χ1v) is 8.30. The molecule has 1 fully saturated rings. The van der Waals surface area contributed by atoms with Crippen LogP contribution in [-0.4, -0.2) is 30.6 Å². The summed E-state index contributed by atoms with van der Waals surface area (Å²) in [6.45, 7) is 5.17. The lowest BCUT2D eigenvalue weighted by Gasteiger charge is -2.36. The predicted molar refractivity (Wildman–Crippen MR) is 88.1 cm³/mol. The van der Waals surface area contributed by atoms with Crippen molar-refractivity contribution in [2.24, 2.45) is 5.73 Å². The maximum atomic E-state index is 6.05. The van der Waals surface area contributed by atoms with E-state index in [1.54, 1.807) is 7.11 Å². The van der Waals surface area contributed by atoms with Crippen LogP contribution in [0.3, 0.4) is 0 Å². The Kier molecular flexibility index (Phi) is 6.68. The zero-order valence-electron chi connectivity index (χ0n) is 13.6. The number of hydrogen-bond acceptors (Lipinski definition) is 3. The quantitative estimate of drug-likeness (QED) is 0.837. The largest absolute Gasteiger partial charge is 0.380 e. The minimum Gasteiger partial charge on any atom is -0.380 e. The maximum Gasteiger partial charge on any atom is 0.0716 e. The summed E-state index contributed by atoms with van der Waals surface area (Å²) in [7, 11) is 1.77. The first kappa shape index (κ1) is 16.5. The van der Waals surface area contributed by atoms with Crippen molar-refractivity contribution in [1.29, 1.82) is 0 Å². The number of methoxy groups -OCH3 is 1. The van der Waals surface area contributed by atoms with E-state index in [4.69, 9.17) is 10.5 Å². The van der Waals surface area contributed by atoms with Crippen molar-refractivity contribution in [3.63, 3.8) is 0 Å². The Bertz CT molecular complexity index is 413. The smallest absolute Gasteiger partial charge is 0.0716 e. The van der Waals surface area contributed by atoms with Crippen LogP contribution in [0.5, 0.6) is 0 Å². The lowest BCUT2D eigenvalue weighted by molar-refractivity contribution is 0.139. The molecule has 0 aliphatic heterocycles. The lowest BCUT2D eigenvalue weighted by Crippen LogP contribution is -2.41. The lowest BCUT2D eigenvalue weighted by atomic mass is 9.90. The highest BCUT2D eigenvalue weighted by Crippen LogP contribution is 2.24. The molecule has 2 rings (SSSR count). The van der Waals surface area contributed by atoms with Gasteiger partial charge in [-0.3, -0.25) is 4.90 Å². The molecule has 0 bridgehead atoms. The van der Waals surface area contributed by atoms with Crippen LogP contribution in [0.2, 0.25) is 0 Å². The van der Waals surface area contributed by atoms with Crippen LogP contribution in [-0.2, 0) is 17.9 Å². The minimum atomic E-state index is 0.422. The molecule has 3 heteroatoms. The van der Waals surface area contributed by atoms with E-state index in [1.165, 1.54) is 49.8 Å². The second-order valence-electron chi connectivity index (χ2n) is 6.24. The average Bonchev–Trinajstić information content (AvgIpc) is 2.50. The molecule has 0 amide bonds. The highest BCUT2D eigenvalue weighted by Gasteiger charge is 2.24. The van der Waals surface area contributed by atoms with Gasteiger partial charge in [0.2, 0.25) is 0 Å². The SMILES string of the molecule is CCCN(Cc1ccccc1COC)C1CCC(N)CC1. The van der Waals surface area contributed by atoms with Gasteiger partial charge in [0.25, 0.3) is 0 Å².